The van der Waals surface area contributed by atoms with Crippen LogP contribution in [0.2, 0.25) is 0 Å². The van der Waals surface area contributed by atoms with Gasteiger partial charge in [0, 0.05) is 6.07 Å². The van der Waals surface area contributed by atoms with Crippen molar-refractivity contribution in [3.8, 4) is 11.3 Å². The van der Waals surface area contributed by atoms with E-state index in [2.05, 4.69) is 5.16 Å². The third kappa shape index (κ3) is 2.44. The molecule has 0 aliphatic heterocycles. The van der Waals surface area contributed by atoms with Crippen molar-refractivity contribution in [2.24, 2.45) is 0 Å². The standard InChI is InChI=1S/C12H10N2O5/c1-2-18-12(15)9-7-13-19-11(9)8-5-3-4-6-10(8)14(16)17/h3-7H,2H2,1H3. The van der Waals surface area contributed by atoms with Crippen LogP contribution in [0.25, 0.3) is 11.3 Å². The van der Waals surface area contributed by atoms with Crippen molar-refractivity contribution in [3.63, 3.8) is 0 Å². The molecule has 1 aromatic heterocycles. The van der Waals surface area contributed by atoms with E-state index in [1.54, 1.807) is 13.0 Å². The molecule has 0 bridgehead atoms. The summed E-state index contributed by atoms with van der Waals surface area (Å²) in [6.07, 6.45) is 1.18. The van der Waals surface area contributed by atoms with Gasteiger partial charge in [0.1, 0.15) is 5.56 Å². The number of para-hydroxylation sites is 1. The molecule has 0 aliphatic carbocycles. The molecule has 0 unspecified atom stereocenters. The first-order valence-corrected chi connectivity index (χ1v) is 5.50. The third-order valence-corrected chi connectivity index (χ3v) is 2.41. The fraction of sp³-hybridized carbons (Fsp3) is 0.167. The van der Waals surface area contributed by atoms with E-state index in [0.717, 1.165) is 0 Å². The lowest BCUT2D eigenvalue weighted by Crippen LogP contribution is -2.05. The smallest absolute Gasteiger partial charge is 0.343 e. The van der Waals surface area contributed by atoms with Crippen LogP contribution in [0.4, 0.5) is 5.69 Å². The number of ether oxygens (including phenoxy) is 1. The SMILES string of the molecule is CCOC(=O)c1cnoc1-c1ccccc1[N+](=O)[O-]. The van der Waals surface area contributed by atoms with Gasteiger partial charge in [0.05, 0.1) is 23.3 Å². The molecule has 19 heavy (non-hydrogen) atoms. The molecular weight excluding hydrogens is 252 g/mol. The van der Waals surface area contributed by atoms with Gasteiger partial charge in [-0.2, -0.15) is 0 Å². The Morgan fingerprint density at radius 3 is 2.89 bits per heavy atom. The lowest BCUT2D eigenvalue weighted by molar-refractivity contribution is -0.384. The molecule has 7 heteroatoms. The minimum absolute atomic E-state index is 0.0331. The van der Waals surface area contributed by atoms with Crippen LogP contribution < -0.4 is 0 Å². The predicted molar refractivity (Wildman–Crippen MR) is 64.5 cm³/mol. The molecule has 2 rings (SSSR count). The molecule has 0 saturated heterocycles. The number of aromatic nitrogens is 1. The quantitative estimate of drug-likeness (QED) is 0.477. The van der Waals surface area contributed by atoms with Crippen LogP contribution in [-0.4, -0.2) is 22.7 Å². The Morgan fingerprint density at radius 2 is 2.21 bits per heavy atom. The summed E-state index contributed by atoms with van der Waals surface area (Å²) in [6, 6.07) is 5.95. The van der Waals surface area contributed by atoms with Crippen molar-refractivity contribution in [2.75, 3.05) is 6.61 Å². The maximum atomic E-state index is 11.7. The number of nitro groups is 1. The molecule has 0 fully saturated rings. The molecule has 0 amide bonds. The lowest BCUT2D eigenvalue weighted by atomic mass is 10.1. The summed E-state index contributed by atoms with van der Waals surface area (Å²) in [5, 5.41) is 14.5. The number of hydrogen-bond acceptors (Lipinski definition) is 6. The summed E-state index contributed by atoms with van der Waals surface area (Å²) in [4.78, 5) is 22.1. The third-order valence-electron chi connectivity index (χ3n) is 2.41. The van der Waals surface area contributed by atoms with E-state index in [9.17, 15) is 14.9 Å². The van der Waals surface area contributed by atoms with Crippen LogP contribution in [0.5, 0.6) is 0 Å². The second-order valence-electron chi connectivity index (χ2n) is 3.56. The number of rotatable bonds is 4. The van der Waals surface area contributed by atoms with E-state index in [0.29, 0.717) is 0 Å². The Kier molecular flexibility index (Phi) is 3.56. The predicted octanol–water partition coefficient (Wildman–Crippen LogP) is 2.43. The van der Waals surface area contributed by atoms with Crippen molar-refractivity contribution in [1.82, 2.24) is 5.16 Å². The topological polar surface area (TPSA) is 95.5 Å². The molecule has 0 radical (unpaired) electrons. The molecule has 0 saturated carbocycles. The largest absolute Gasteiger partial charge is 0.462 e. The van der Waals surface area contributed by atoms with Gasteiger partial charge in [0.25, 0.3) is 5.69 Å². The second kappa shape index (κ2) is 5.30. The van der Waals surface area contributed by atoms with Crippen molar-refractivity contribution < 1.29 is 19.0 Å². The molecule has 98 valence electrons. The highest BCUT2D eigenvalue weighted by atomic mass is 16.6. The second-order valence-corrected chi connectivity index (χ2v) is 3.56. The molecule has 7 nitrogen and oxygen atoms in total. The Labute approximate surface area is 107 Å². The molecule has 1 aromatic carbocycles. The van der Waals surface area contributed by atoms with Gasteiger partial charge in [0.2, 0.25) is 0 Å². The summed E-state index contributed by atoms with van der Waals surface area (Å²) < 4.78 is 9.79. The van der Waals surface area contributed by atoms with Gasteiger partial charge in [-0.3, -0.25) is 10.1 Å². The molecule has 0 N–H and O–H groups in total. The summed E-state index contributed by atoms with van der Waals surface area (Å²) in [6.45, 7) is 1.86. The van der Waals surface area contributed by atoms with Crippen LogP contribution in [0.3, 0.4) is 0 Å². The van der Waals surface area contributed by atoms with Gasteiger partial charge in [0.15, 0.2) is 5.76 Å². The van der Waals surface area contributed by atoms with Gasteiger partial charge in [-0.15, -0.1) is 0 Å². The summed E-state index contributed by atoms with van der Waals surface area (Å²) in [5.74, 6) is -0.595. The number of benzene rings is 1. The number of hydrogen-bond donors (Lipinski definition) is 0. The van der Waals surface area contributed by atoms with E-state index in [4.69, 9.17) is 9.26 Å². The number of nitrogens with zero attached hydrogens (tertiary/aromatic N) is 2. The highest BCUT2D eigenvalue weighted by Crippen LogP contribution is 2.32. The molecule has 0 atom stereocenters. The maximum Gasteiger partial charge on any atom is 0.343 e. The van der Waals surface area contributed by atoms with Crippen LogP contribution in [0.15, 0.2) is 35.0 Å². The number of carbonyl (C=O) groups is 1. The van der Waals surface area contributed by atoms with Crippen LogP contribution in [-0.2, 0) is 4.74 Å². The van der Waals surface area contributed by atoms with Gasteiger partial charge >= 0.3 is 5.97 Å². The van der Waals surface area contributed by atoms with Crippen molar-refractivity contribution >= 4 is 11.7 Å². The first-order valence-electron chi connectivity index (χ1n) is 5.50. The molecule has 0 spiro atoms. The van der Waals surface area contributed by atoms with Gasteiger partial charge in [-0.1, -0.05) is 17.3 Å². The minimum atomic E-state index is -0.628. The van der Waals surface area contributed by atoms with E-state index < -0.39 is 10.9 Å². The van der Waals surface area contributed by atoms with Gasteiger partial charge in [-0.25, -0.2) is 4.79 Å². The van der Waals surface area contributed by atoms with E-state index in [1.165, 1.54) is 24.4 Å². The zero-order valence-corrected chi connectivity index (χ0v) is 10.0. The summed E-state index contributed by atoms with van der Waals surface area (Å²) in [5.41, 5.74) is 0.0917. The average molecular weight is 262 g/mol. The van der Waals surface area contributed by atoms with Crippen LogP contribution >= 0.6 is 0 Å². The number of nitro benzene ring substituents is 1. The Balaban J connectivity index is 2.52. The Morgan fingerprint density at radius 1 is 1.47 bits per heavy atom. The molecular formula is C12H10N2O5. The Bertz CT molecular complexity index is 620. The van der Waals surface area contributed by atoms with Crippen molar-refractivity contribution in [1.29, 1.82) is 0 Å². The van der Waals surface area contributed by atoms with E-state index in [-0.39, 0.29) is 29.2 Å². The van der Waals surface area contributed by atoms with Gasteiger partial charge in [-0.05, 0) is 13.0 Å². The van der Waals surface area contributed by atoms with Gasteiger partial charge < -0.3 is 9.26 Å². The highest BCUT2D eigenvalue weighted by molar-refractivity contribution is 5.96. The summed E-state index contributed by atoms with van der Waals surface area (Å²) in [7, 11) is 0. The maximum absolute atomic E-state index is 11.7. The highest BCUT2D eigenvalue weighted by Gasteiger charge is 2.24. The fourth-order valence-electron chi connectivity index (χ4n) is 1.61. The Hall–Kier alpha value is -2.70. The van der Waals surface area contributed by atoms with Crippen molar-refractivity contribution in [3.05, 3.63) is 46.1 Å². The first-order chi connectivity index (χ1) is 9.15. The lowest BCUT2D eigenvalue weighted by Gasteiger charge is -2.02. The van der Waals surface area contributed by atoms with Crippen LogP contribution in [0, 0.1) is 10.1 Å². The zero-order valence-electron chi connectivity index (χ0n) is 10.0. The number of carbonyl (C=O) groups excluding carboxylic acids is 1. The normalized spacial score (nSPS) is 10.2. The average Bonchev–Trinajstić information content (AvgIpc) is 2.88. The minimum Gasteiger partial charge on any atom is -0.462 e. The zero-order chi connectivity index (χ0) is 13.8. The van der Waals surface area contributed by atoms with Crippen molar-refractivity contribution in [2.45, 2.75) is 6.92 Å². The molecule has 0 aliphatic rings. The molecule has 1 heterocycles. The number of esters is 1. The van der Waals surface area contributed by atoms with E-state index in [1.807, 2.05) is 0 Å². The first kappa shape index (κ1) is 12.7. The van der Waals surface area contributed by atoms with E-state index >= 15 is 0 Å². The van der Waals surface area contributed by atoms with Crippen LogP contribution in [0.1, 0.15) is 17.3 Å². The fourth-order valence-corrected chi connectivity index (χ4v) is 1.61. The monoisotopic (exact) mass is 262 g/mol. The molecule has 2 aromatic rings. The summed E-state index contributed by atoms with van der Waals surface area (Å²) >= 11 is 0.